The average molecular weight is 429 g/mol. The first-order chi connectivity index (χ1) is 13.6. The lowest BCUT2D eigenvalue weighted by atomic mass is 10.2. The summed E-state index contributed by atoms with van der Waals surface area (Å²) in [6.07, 6.45) is -4.77. The van der Waals surface area contributed by atoms with Crippen LogP contribution in [0.5, 0.6) is 0 Å². The molecule has 2 aromatic rings. The lowest BCUT2D eigenvalue weighted by Crippen LogP contribution is -2.48. The number of sulfonamides is 1. The lowest BCUT2D eigenvalue weighted by Gasteiger charge is -2.34. The first-order valence-electron chi connectivity index (χ1n) is 8.71. The first-order valence-corrected chi connectivity index (χ1v) is 10.1. The Hall–Kier alpha value is -2.50. The number of rotatable bonds is 5. The van der Waals surface area contributed by atoms with Gasteiger partial charge in [0.2, 0.25) is 10.0 Å². The van der Waals surface area contributed by atoms with Gasteiger partial charge in [0.05, 0.1) is 15.4 Å². The molecule has 0 radical (unpaired) electrons. The molecule has 0 N–H and O–H groups in total. The number of nitro benzene ring substituents is 1. The third-order valence-corrected chi connectivity index (χ3v) is 6.63. The third-order valence-electron chi connectivity index (χ3n) is 4.67. The minimum atomic E-state index is -4.77. The van der Waals surface area contributed by atoms with Crippen molar-refractivity contribution in [1.29, 1.82) is 0 Å². The molecule has 7 nitrogen and oxygen atoms in total. The van der Waals surface area contributed by atoms with E-state index in [0.717, 1.165) is 22.5 Å². The molecule has 0 bridgehead atoms. The smallest absolute Gasteiger partial charge is 0.296 e. The summed E-state index contributed by atoms with van der Waals surface area (Å²) in [6.45, 7) is 1.05. The summed E-state index contributed by atoms with van der Waals surface area (Å²) in [5, 5.41) is 10.9. The third kappa shape index (κ3) is 4.74. The molecular formula is C18H18F3N3O4S. The van der Waals surface area contributed by atoms with E-state index in [2.05, 4.69) is 0 Å². The molecule has 0 atom stereocenters. The Balaban J connectivity index is 1.71. The largest absolute Gasteiger partial charge is 0.417 e. The number of hydrogen-bond donors (Lipinski definition) is 0. The van der Waals surface area contributed by atoms with Crippen LogP contribution in [0.25, 0.3) is 0 Å². The van der Waals surface area contributed by atoms with E-state index in [4.69, 9.17) is 0 Å². The van der Waals surface area contributed by atoms with Crippen LogP contribution >= 0.6 is 0 Å². The van der Waals surface area contributed by atoms with Crippen molar-refractivity contribution in [1.82, 2.24) is 9.21 Å². The minimum Gasteiger partial charge on any atom is -0.296 e. The van der Waals surface area contributed by atoms with Crippen LogP contribution in [-0.4, -0.2) is 48.7 Å². The van der Waals surface area contributed by atoms with Crippen LogP contribution in [0.3, 0.4) is 0 Å². The molecule has 156 valence electrons. The monoisotopic (exact) mass is 429 g/mol. The Morgan fingerprint density at radius 1 is 1.00 bits per heavy atom. The van der Waals surface area contributed by atoms with Crippen LogP contribution in [-0.2, 0) is 22.7 Å². The second-order valence-electron chi connectivity index (χ2n) is 6.60. The molecule has 1 saturated heterocycles. The highest BCUT2D eigenvalue weighted by Crippen LogP contribution is 2.35. The van der Waals surface area contributed by atoms with E-state index in [9.17, 15) is 31.7 Å². The number of alkyl halides is 3. The van der Waals surface area contributed by atoms with Crippen LogP contribution in [0.2, 0.25) is 0 Å². The van der Waals surface area contributed by atoms with Crippen molar-refractivity contribution < 1.29 is 26.5 Å². The number of hydrogen-bond acceptors (Lipinski definition) is 5. The molecule has 2 aromatic carbocycles. The number of nitro groups is 1. The van der Waals surface area contributed by atoms with Gasteiger partial charge in [-0.25, -0.2) is 8.42 Å². The predicted octanol–water partition coefficient (Wildman–Crippen LogP) is 3.12. The van der Waals surface area contributed by atoms with Gasteiger partial charge in [-0.3, -0.25) is 15.0 Å². The van der Waals surface area contributed by atoms with E-state index in [1.54, 1.807) is 12.1 Å². The van der Waals surface area contributed by atoms with Gasteiger partial charge in [0.1, 0.15) is 0 Å². The average Bonchev–Trinajstić information content (AvgIpc) is 2.68. The van der Waals surface area contributed by atoms with E-state index in [1.165, 1.54) is 18.2 Å². The molecule has 1 fully saturated rings. The number of halogens is 3. The highest BCUT2D eigenvalue weighted by molar-refractivity contribution is 7.89. The maximum atomic E-state index is 13.2. The molecule has 11 heteroatoms. The fourth-order valence-electron chi connectivity index (χ4n) is 3.22. The summed E-state index contributed by atoms with van der Waals surface area (Å²) in [5.41, 5.74) is -0.510. The van der Waals surface area contributed by atoms with Gasteiger partial charge in [-0.2, -0.15) is 17.5 Å². The van der Waals surface area contributed by atoms with Gasteiger partial charge in [-0.05, 0) is 17.7 Å². The van der Waals surface area contributed by atoms with Crippen molar-refractivity contribution in [2.45, 2.75) is 17.6 Å². The fraction of sp³-hybridized carbons (Fsp3) is 0.333. The van der Waals surface area contributed by atoms with Gasteiger partial charge in [-0.15, -0.1) is 0 Å². The van der Waals surface area contributed by atoms with Gasteiger partial charge in [0.25, 0.3) is 5.69 Å². The SMILES string of the molecule is O=[N+]([O-])c1cccc(CN2CCN(S(=O)(=O)c3ccccc3C(F)(F)F)CC2)c1. The number of nitrogens with zero attached hydrogens (tertiary/aromatic N) is 3. The topological polar surface area (TPSA) is 83.8 Å². The van der Waals surface area contributed by atoms with Crippen molar-refractivity contribution >= 4 is 15.7 Å². The molecule has 0 aromatic heterocycles. The molecule has 0 amide bonds. The molecule has 1 aliphatic heterocycles. The van der Waals surface area contributed by atoms with Gasteiger partial charge in [-0.1, -0.05) is 24.3 Å². The first kappa shape index (κ1) is 21.2. The number of non-ortho nitro benzene ring substituents is 1. The van der Waals surface area contributed by atoms with E-state index < -0.39 is 31.6 Å². The number of benzene rings is 2. The van der Waals surface area contributed by atoms with E-state index in [-0.39, 0.29) is 18.8 Å². The Bertz CT molecular complexity index is 1000. The molecule has 0 saturated carbocycles. The summed E-state index contributed by atoms with van der Waals surface area (Å²) in [5.74, 6) is 0. The van der Waals surface area contributed by atoms with Crippen molar-refractivity contribution in [2.75, 3.05) is 26.2 Å². The zero-order valence-electron chi connectivity index (χ0n) is 15.2. The van der Waals surface area contributed by atoms with Crippen molar-refractivity contribution in [2.24, 2.45) is 0 Å². The zero-order chi connectivity index (χ0) is 21.2. The van der Waals surface area contributed by atoms with Crippen LogP contribution in [0.15, 0.2) is 53.4 Å². The van der Waals surface area contributed by atoms with Gasteiger partial charge in [0, 0.05) is 44.9 Å². The molecule has 3 rings (SSSR count). The Morgan fingerprint density at radius 3 is 2.28 bits per heavy atom. The summed E-state index contributed by atoms with van der Waals surface area (Å²) in [4.78, 5) is 11.5. The summed E-state index contributed by atoms with van der Waals surface area (Å²) in [7, 11) is -4.29. The van der Waals surface area contributed by atoms with Gasteiger partial charge in [0.15, 0.2) is 0 Å². The van der Waals surface area contributed by atoms with Crippen LogP contribution in [0.4, 0.5) is 18.9 Å². The van der Waals surface area contributed by atoms with E-state index >= 15 is 0 Å². The quantitative estimate of drug-likeness (QED) is 0.539. The highest BCUT2D eigenvalue weighted by atomic mass is 32.2. The Morgan fingerprint density at radius 2 is 1.66 bits per heavy atom. The molecule has 1 aliphatic rings. The summed E-state index contributed by atoms with van der Waals surface area (Å²) in [6, 6.07) is 10.3. The van der Waals surface area contributed by atoms with Crippen LogP contribution < -0.4 is 0 Å². The minimum absolute atomic E-state index is 0.0312. The standard InChI is InChI=1S/C18H18F3N3O4S/c19-18(20,21)16-6-1-2-7-17(16)29(27,28)23-10-8-22(9-11-23)13-14-4-3-5-15(12-14)24(25)26/h1-7,12H,8-11,13H2. The molecule has 0 unspecified atom stereocenters. The zero-order valence-corrected chi connectivity index (χ0v) is 16.0. The van der Waals surface area contributed by atoms with Crippen molar-refractivity contribution in [3.05, 3.63) is 69.8 Å². The van der Waals surface area contributed by atoms with Crippen molar-refractivity contribution in [3.63, 3.8) is 0 Å². The fourth-order valence-corrected chi connectivity index (χ4v) is 4.85. The summed E-state index contributed by atoms with van der Waals surface area (Å²) >= 11 is 0. The van der Waals surface area contributed by atoms with Gasteiger partial charge >= 0.3 is 6.18 Å². The normalized spacial score (nSPS) is 16.7. The van der Waals surface area contributed by atoms with Gasteiger partial charge < -0.3 is 0 Å². The second-order valence-corrected chi connectivity index (χ2v) is 8.51. The molecular weight excluding hydrogens is 411 g/mol. The highest BCUT2D eigenvalue weighted by Gasteiger charge is 2.39. The van der Waals surface area contributed by atoms with Crippen LogP contribution in [0, 0.1) is 10.1 Å². The lowest BCUT2D eigenvalue weighted by molar-refractivity contribution is -0.384. The predicted molar refractivity (Wildman–Crippen MR) is 98.6 cm³/mol. The van der Waals surface area contributed by atoms with E-state index in [0.29, 0.717) is 25.2 Å². The number of piperazine rings is 1. The molecule has 0 aliphatic carbocycles. The van der Waals surface area contributed by atoms with E-state index in [1.807, 2.05) is 4.90 Å². The Kier molecular flexibility index (Phi) is 5.92. The molecule has 0 spiro atoms. The molecule has 29 heavy (non-hydrogen) atoms. The second kappa shape index (κ2) is 8.09. The summed E-state index contributed by atoms with van der Waals surface area (Å²) < 4.78 is 66.2. The van der Waals surface area contributed by atoms with Crippen LogP contribution in [0.1, 0.15) is 11.1 Å². The Labute approximate surface area is 165 Å². The molecule has 1 heterocycles. The maximum absolute atomic E-state index is 13.2. The maximum Gasteiger partial charge on any atom is 0.417 e. The van der Waals surface area contributed by atoms with Crippen molar-refractivity contribution in [3.8, 4) is 0 Å².